The predicted molar refractivity (Wildman–Crippen MR) is 57.8 cm³/mol. The standard InChI is InChI=1S/C10H11Cl2NO/c11-7-3-1-2-6(9(7)12)10-8(14)4-5-13-10/h1-3,8,10,13-14H,4-5H2/t8-,10-/m1/s1. The van der Waals surface area contributed by atoms with Crippen molar-refractivity contribution < 1.29 is 5.11 Å². The van der Waals surface area contributed by atoms with Crippen LogP contribution in [-0.2, 0) is 0 Å². The molecule has 1 aromatic carbocycles. The van der Waals surface area contributed by atoms with E-state index in [0.29, 0.717) is 10.0 Å². The molecule has 0 spiro atoms. The Balaban J connectivity index is 2.36. The van der Waals surface area contributed by atoms with Gasteiger partial charge in [-0.2, -0.15) is 0 Å². The van der Waals surface area contributed by atoms with Gasteiger partial charge in [0, 0.05) is 0 Å². The Morgan fingerprint density at radius 2 is 2.14 bits per heavy atom. The van der Waals surface area contributed by atoms with Gasteiger partial charge in [0.2, 0.25) is 0 Å². The highest BCUT2D eigenvalue weighted by Crippen LogP contribution is 2.33. The second-order valence-electron chi connectivity index (χ2n) is 3.43. The van der Waals surface area contributed by atoms with Crippen LogP contribution in [0.25, 0.3) is 0 Å². The first-order chi connectivity index (χ1) is 6.70. The molecule has 1 saturated heterocycles. The molecule has 14 heavy (non-hydrogen) atoms. The maximum Gasteiger partial charge on any atom is 0.0747 e. The number of hydrogen-bond acceptors (Lipinski definition) is 2. The highest BCUT2D eigenvalue weighted by molar-refractivity contribution is 6.42. The molecule has 0 unspecified atom stereocenters. The van der Waals surface area contributed by atoms with Crippen LogP contribution in [0.1, 0.15) is 18.0 Å². The molecule has 4 heteroatoms. The van der Waals surface area contributed by atoms with E-state index in [1.54, 1.807) is 6.07 Å². The van der Waals surface area contributed by atoms with E-state index in [1.165, 1.54) is 0 Å². The molecular formula is C10H11Cl2NO. The largest absolute Gasteiger partial charge is 0.391 e. The molecular weight excluding hydrogens is 221 g/mol. The van der Waals surface area contributed by atoms with Crippen molar-refractivity contribution in [2.24, 2.45) is 0 Å². The van der Waals surface area contributed by atoms with E-state index in [4.69, 9.17) is 23.2 Å². The lowest BCUT2D eigenvalue weighted by Gasteiger charge is -2.17. The van der Waals surface area contributed by atoms with E-state index in [2.05, 4.69) is 5.32 Å². The maximum atomic E-state index is 9.69. The summed E-state index contributed by atoms with van der Waals surface area (Å²) in [4.78, 5) is 0. The zero-order valence-corrected chi connectivity index (χ0v) is 9.02. The Labute approximate surface area is 92.8 Å². The van der Waals surface area contributed by atoms with Crippen LogP contribution in [0.5, 0.6) is 0 Å². The number of halogens is 2. The molecule has 76 valence electrons. The average molecular weight is 232 g/mol. The van der Waals surface area contributed by atoms with Crippen molar-refractivity contribution in [1.82, 2.24) is 5.32 Å². The fourth-order valence-electron chi connectivity index (χ4n) is 1.77. The smallest absolute Gasteiger partial charge is 0.0747 e. The second kappa shape index (κ2) is 4.07. The summed E-state index contributed by atoms with van der Waals surface area (Å²) >= 11 is 12.0. The van der Waals surface area contributed by atoms with E-state index in [0.717, 1.165) is 18.5 Å². The van der Waals surface area contributed by atoms with Crippen molar-refractivity contribution in [3.05, 3.63) is 33.8 Å². The molecule has 2 N–H and O–H groups in total. The van der Waals surface area contributed by atoms with Crippen molar-refractivity contribution in [1.29, 1.82) is 0 Å². The average Bonchev–Trinajstić information content (AvgIpc) is 2.57. The zero-order valence-electron chi connectivity index (χ0n) is 7.50. The number of aliphatic hydroxyl groups is 1. The van der Waals surface area contributed by atoms with Crippen LogP contribution in [0.4, 0.5) is 0 Å². The Kier molecular flexibility index (Phi) is 2.98. The van der Waals surface area contributed by atoms with Gasteiger partial charge in [0.1, 0.15) is 0 Å². The van der Waals surface area contributed by atoms with Gasteiger partial charge in [-0.3, -0.25) is 0 Å². The minimum atomic E-state index is -0.369. The minimum Gasteiger partial charge on any atom is -0.391 e. The van der Waals surface area contributed by atoms with E-state index in [1.807, 2.05) is 12.1 Å². The van der Waals surface area contributed by atoms with Crippen molar-refractivity contribution >= 4 is 23.2 Å². The normalized spacial score (nSPS) is 26.8. The molecule has 1 heterocycles. The minimum absolute atomic E-state index is 0.0822. The number of rotatable bonds is 1. The topological polar surface area (TPSA) is 32.3 Å². The molecule has 1 aliphatic heterocycles. The van der Waals surface area contributed by atoms with E-state index < -0.39 is 0 Å². The molecule has 2 nitrogen and oxygen atoms in total. The van der Waals surface area contributed by atoms with Gasteiger partial charge < -0.3 is 10.4 Å². The van der Waals surface area contributed by atoms with E-state index in [9.17, 15) is 5.11 Å². The van der Waals surface area contributed by atoms with Gasteiger partial charge in [0.25, 0.3) is 0 Å². The molecule has 1 fully saturated rings. The lowest BCUT2D eigenvalue weighted by Crippen LogP contribution is -2.21. The fraction of sp³-hybridized carbons (Fsp3) is 0.400. The van der Waals surface area contributed by atoms with Crippen LogP contribution in [0.3, 0.4) is 0 Å². The van der Waals surface area contributed by atoms with Gasteiger partial charge >= 0.3 is 0 Å². The van der Waals surface area contributed by atoms with Crippen LogP contribution in [0, 0.1) is 0 Å². The molecule has 1 aromatic rings. The number of hydrogen-bond donors (Lipinski definition) is 2. The van der Waals surface area contributed by atoms with Gasteiger partial charge in [0.15, 0.2) is 0 Å². The third kappa shape index (κ3) is 1.75. The number of benzene rings is 1. The maximum absolute atomic E-state index is 9.69. The molecule has 2 atom stereocenters. The Morgan fingerprint density at radius 3 is 2.79 bits per heavy atom. The van der Waals surface area contributed by atoms with Gasteiger partial charge in [-0.25, -0.2) is 0 Å². The summed E-state index contributed by atoms with van der Waals surface area (Å²) in [6.45, 7) is 0.814. The highest BCUT2D eigenvalue weighted by atomic mass is 35.5. The summed E-state index contributed by atoms with van der Waals surface area (Å²) in [7, 11) is 0. The third-order valence-electron chi connectivity index (χ3n) is 2.51. The monoisotopic (exact) mass is 231 g/mol. The molecule has 0 saturated carbocycles. The van der Waals surface area contributed by atoms with Crippen LogP contribution >= 0.6 is 23.2 Å². The fourth-order valence-corrected chi connectivity index (χ4v) is 2.19. The van der Waals surface area contributed by atoms with Gasteiger partial charge in [0.05, 0.1) is 22.2 Å². The zero-order chi connectivity index (χ0) is 10.1. The molecule has 0 amide bonds. The van der Waals surface area contributed by atoms with Crippen LogP contribution < -0.4 is 5.32 Å². The first kappa shape index (κ1) is 10.2. The predicted octanol–water partition coefficient (Wildman–Crippen LogP) is 2.39. The SMILES string of the molecule is O[C@@H]1CCN[C@@H]1c1cccc(Cl)c1Cl. The molecule has 1 aliphatic rings. The summed E-state index contributed by atoms with van der Waals surface area (Å²) < 4.78 is 0. The number of nitrogens with one attached hydrogen (secondary N) is 1. The van der Waals surface area contributed by atoms with E-state index in [-0.39, 0.29) is 12.1 Å². The van der Waals surface area contributed by atoms with Gasteiger partial charge in [-0.05, 0) is 24.6 Å². The lowest BCUT2D eigenvalue weighted by atomic mass is 10.0. The van der Waals surface area contributed by atoms with E-state index >= 15 is 0 Å². The summed E-state index contributed by atoms with van der Waals surface area (Å²) in [5, 5.41) is 14.0. The molecule has 0 aromatic heterocycles. The van der Waals surface area contributed by atoms with Crippen LogP contribution in [0.15, 0.2) is 18.2 Å². The van der Waals surface area contributed by atoms with Crippen LogP contribution in [-0.4, -0.2) is 17.8 Å². The second-order valence-corrected chi connectivity index (χ2v) is 4.22. The van der Waals surface area contributed by atoms with Crippen molar-refractivity contribution in [2.75, 3.05) is 6.54 Å². The quantitative estimate of drug-likeness (QED) is 0.779. The first-order valence-corrected chi connectivity index (χ1v) is 5.31. The van der Waals surface area contributed by atoms with Crippen molar-refractivity contribution in [3.63, 3.8) is 0 Å². The number of aliphatic hydroxyl groups excluding tert-OH is 1. The Hall–Kier alpha value is -0.280. The molecule has 0 radical (unpaired) electrons. The van der Waals surface area contributed by atoms with Crippen molar-refractivity contribution in [2.45, 2.75) is 18.6 Å². The molecule has 0 aliphatic carbocycles. The highest BCUT2D eigenvalue weighted by Gasteiger charge is 2.28. The van der Waals surface area contributed by atoms with Gasteiger partial charge in [-0.15, -0.1) is 0 Å². The Morgan fingerprint density at radius 1 is 1.36 bits per heavy atom. The summed E-state index contributed by atoms with van der Waals surface area (Å²) in [6, 6.07) is 5.40. The van der Waals surface area contributed by atoms with Gasteiger partial charge in [-0.1, -0.05) is 35.3 Å². The summed E-state index contributed by atoms with van der Waals surface area (Å²) in [6.07, 6.45) is 0.388. The first-order valence-electron chi connectivity index (χ1n) is 4.55. The summed E-state index contributed by atoms with van der Waals surface area (Å²) in [5.74, 6) is 0. The molecule has 2 rings (SSSR count). The molecule has 0 bridgehead atoms. The summed E-state index contributed by atoms with van der Waals surface area (Å²) in [5.41, 5.74) is 0.879. The Bertz CT molecular complexity index is 343. The third-order valence-corrected chi connectivity index (χ3v) is 3.34. The van der Waals surface area contributed by atoms with Crippen molar-refractivity contribution in [3.8, 4) is 0 Å². The lowest BCUT2D eigenvalue weighted by molar-refractivity contribution is 0.160. The van der Waals surface area contributed by atoms with Crippen LogP contribution in [0.2, 0.25) is 10.0 Å².